The van der Waals surface area contributed by atoms with Crippen molar-refractivity contribution in [1.82, 2.24) is 30.0 Å². The number of fused-ring (bicyclic) bond motifs is 1. The fraction of sp³-hybridized carbons (Fsp3) is 0.379. The van der Waals surface area contributed by atoms with Gasteiger partial charge in [-0.1, -0.05) is 11.6 Å². The van der Waals surface area contributed by atoms with Gasteiger partial charge in [-0.2, -0.15) is 5.10 Å². The van der Waals surface area contributed by atoms with Gasteiger partial charge in [0.1, 0.15) is 5.75 Å². The van der Waals surface area contributed by atoms with E-state index in [-0.39, 0.29) is 5.91 Å². The molecule has 0 bridgehead atoms. The molecule has 0 radical (unpaired) electrons. The summed E-state index contributed by atoms with van der Waals surface area (Å²) < 4.78 is 7.84. The van der Waals surface area contributed by atoms with Gasteiger partial charge in [0.25, 0.3) is 5.91 Å². The molecule has 0 saturated carbocycles. The second-order valence-electron chi connectivity index (χ2n) is 9.39. The summed E-state index contributed by atoms with van der Waals surface area (Å²) in [7, 11) is 3.76. The number of amides is 1. The first-order valence-corrected chi connectivity index (χ1v) is 12.8. The van der Waals surface area contributed by atoms with Gasteiger partial charge < -0.3 is 15.0 Å². The van der Waals surface area contributed by atoms with E-state index in [9.17, 15) is 4.79 Å². The van der Waals surface area contributed by atoms with Gasteiger partial charge in [-0.15, -0.1) is 0 Å². The second kappa shape index (κ2) is 11.5. The maximum Gasteiger partial charge on any atom is 0.254 e. The summed E-state index contributed by atoms with van der Waals surface area (Å²) in [6.07, 6.45) is 2.76. The molecule has 4 rings (SSSR count). The van der Waals surface area contributed by atoms with Gasteiger partial charge in [0.05, 0.1) is 41.0 Å². The number of hydrogen-bond donors (Lipinski definition) is 1. The zero-order valence-corrected chi connectivity index (χ0v) is 22.6. The first-order valence-electron chi connectivity index (χ1n) is 12.8. The van der Waals surface area contributed by atoms with E-state index in [4.69, 9.17) is 14.7 Å². The number of ether oxygens (including phenoxy) is 1. The van der Waals surface area contributed by atoms with Gasteiger partial charge in [-0.25, -0.2) is 9.97 Å². The van der Waals surface area contributed by atoms with Crippen LogP contribution in [0, 0.1) is 20.8 Å². The molecule has 4 aromatic rings. The molecule has 0 aliphatic heterocycles. The third kappa shape index (κ3) is 5.80. The summed E-state index contributed by atoms with van der Waals surface area (Å²) in [6.45, 7) is 10.8. The summed E-state index contributed by atoms with van der Waals surface area (Å²) in [5, 5.41) is 8.38. The minimum absolute atomic E-state index is 0.0656. The Balaban J connectivity index is 1.67. The fourth-order valence-electron chi connectivity index (χ4n) is 4.41. The molecule has 37 heavy (non-hydrogen) atoms. The maximum atomic E-state index is 13.8. The molecule has 0 unspecified atom stereocenters. The minimum Gasteiger partial charge on any atom is -0.492 e. The lowest BCUT2D eigenvalue weighted by Gasteiger charge is -2.19. The lowest BCUT2D eigenvalue weighted by Crippen LogP contribution is -2.27. The standard InChI is InChI=1S/C29H36N6O2/c1-7-35-21(4)22(17-31-35)18-34(6)29(36)24-16-27(33-25-10-9-19(2)15-23(24)25)26-11-12-28(20(3)32-26)37-14-8-13-30-5/h9-12,15-17,30H,7-8,13-14,18H2,1-6H3. The van der Waals surface area contributed by atoms with Crippen LogP contribution >= 0.6 is 0 Å². The van der Waals surface area contributed by atoms with Crippen LogP contribution in [0.5, 0.6) is 5.75 Å². The number of rotatable bonds is 10. The number of aryl methyl sites for hydroxylation is 3. The predicted molar refractivity (Wildman–Crippen MR) is 147 cm³/mol. The van der Waals surface area contributed by atoms with Crippen molar-refractivity contribution in [2.45, 2.75) is 47.2 Å². The SMILES string of the molecule is CCn1ncc(CN(C)C(=O)c2cc(-c3ccc(OCCCNC)c(C)n3)nc3ccc(C)cc23)c1C. The zero-order chi connectivity index (χ0) is 26.5. The Kier molecular flexibility index (Phi) is 8.18. The molecule has 1 N–H and O–H groups in total. The van der Waals surface area contributed by atoms with Crippen LogP contribution in [-0.4, -0.2) is 57.8 Å². The molecule has 0 atom stereocenters. The smallest absolute Gasteiger partial charge is 0.254 e. The molecule has 8 heteroatoms. The van der Waals surface area contributed by atoms with E-state index in [0.29, 0.717) is 30.1 Å². The van der Waals surface area contributed by atoms with E-state index in [1.54, 1.807) is 4.90 Å². The Bertz CT molecular complexity index is 1410. The molecule has 0 saturated heterocycles. The average molecular weight is 501 g/mol. The molecule has 0 aliphatic carbocycles. The topological polar surface area (TPSA) is 85.2 Å². The minimum atomic E-state index is -0.0656. The lowest BCUT2D eigenvalue weighted by atomic mass is 10.0. The Hall–Kier alpha value is -3.78. The van der Waals surface area contributed by atoms with E-state index in [1.165, 1.54) is 0 Å². The molecule has 1 aromatic carbocycles. The molecular formula is C29H36N6O2. The van der Waals surface area contributed by atoms with Crippen molar-refractivity contribution in [3.63, 3.8) is 0 Å². The van der Waals surface area contributed by atoms with Gasteiger partial charge in [-0.05, 0) is 78.0 Å². The molecule has 1 amide bonds. The van der Waals surface area contributed by atoms with Crippen molar-refractivity contribution in [2.75, 3.05) is 27.2 Å². The van der Waals surface area contributed by atoms with Gasteiger partial charge in [0, 0.05) is 36.8 Å². The highest BCUT2D eigenvalue weighted by molar-refractivity contribution is 6.07. The maximum absolute atomic E-state index is 13.8. The number of pyridine rings is 2. The van der Waals surface area contributed by atoms with Crippen LogP contribution in [0.25, 0.3) is 22.3 Å². The first kappa shape index (κ1) is 26.3. The molecular weight excluding hydrogens is 464 g/mol. The summed E-state index contributed by atoms with van der Waals surface area (Å²) in [5.41, 5.74) is 6.72. The molecule has 0 aliphatic rings. The number of aromatic nitrogens is 4. The third-order valence-corrected chi connectivity index (χ3v) is 6.58. The van der Waals surface area contributed by atoms with Crippen LogP contribution < -0.4 is 10.1 Å². The average Bonchev–Trinajstić information content (AvgIpc) is 3.25. The van der Waals surface area contributed by atoms with Crippen LogP contribution in [-0.2, 0) is 13.1 Å². The van der Waals surface area contributed by atoms with Crippen LogP contribution in [0.4, 0.5) is 0 Å². The normalized spacial score (nSPS) is 11.2. The number of hydrogen-bond acceptors (Lipinski definition) is 6. The Labute approximate surface area is 218 Å². The molecule has 3 aromatic heterocycles. The molecule has 8 nitrogen and oxygen atoms in total. The monoisotopic (exact) mass is 500 g/mol. The van der Waals surface area contributed by atoms with E-state index in [1.807, 2.05) is 82.1 Å². The highest BCUT2D eigenvalue weighted by Crippen LogP contribution is 2.28. The summed E-state index contributed by atoms with van der Waals surface area (Å²) in [4.78, 5) is 25.1. The van der Waals surface area contributed by atoms with E-state index >= 15 is 0 Å². The number of nitrogens with zero attached hydrogens (tertiary/aromatic N) is 5. The zero-order valence-electron chi connectivity index (χ0n) is 22.6. The fourth-order valence-corrected chi connectivity index (χ4v) is 4.41. The predicted octanol–water partition coefficient (Wildman–Crippen LogP) is 4.70. The van der Waals surface area contributed by atoms with Crippen molar-refractivity contribution in [1.29, 1.82) is 0 Å². The van der Waals surface area contributed by atoms with Gasteiger partial charge in [-0.3, -0.25) is 9.48 Å². The molecule has 3 heterocycles. The molecule has 0 fully saturated rings. The third-order valence-electron chi connectivity index (χ3n) is 6.58. The molecule has 0 spiro atoms. The van der Waals surface area contributed by atoms with E-state index in [2.05, 4.69) is 17.3 Å². The van der Waals surface area contributed by atoms with E-state index < -0.39 is 0 Å². The van der Waals surface area contributed by atoms with E-state index in [0.717, 1.165) is 58.7 Å². The van der Waals surface area contributed by atoms with Crippen molar-refractivity contribution < 1.29 is 9.53 Å². The summed E-state index contributed by atoms with van der Waals surface area (Å²) in [5.74, 6) is 0.694. The first-order chi connectivity index (χ1) is 17.8. The quantitative estimate of drug-likeness (QED) is 0.318. The number of carbonyl (C=O) groups excluding carboxylic acids is 1. The Morgan fingerprint density at radius 2 is 1.89 bits per heavy atom. The van der Waals surface area contributed by atoms with Crippen molar-refractivity contribution in [2.24, 2.45) is 0 Å². The van der Waals surface area contributed by atoms with Crippen LogP contribution in [0.1, 0.15) is 46.2 Å². The Morgan fingerprint density at radius 1 is 1.08 bits per heavy atom. The highest BCUT2D eigenvalue weighted by atomic mass is 16.5. The summed E-state index contributed by atoms with van der Waals surface area (Å²) in [6, 6.07) is 11.7. The Morgan fingerprint density at radius 3 is 2.59 bits per heavy atom. The number of benzene rings is 1. The van der Waals surface area contributed by atoms with Crippen molar-refractivity contribution in [3.8, 4) is 17.1 Å². The molecule has 194 valence electrons. The number of nitrogens with one attached hydrogen (secondary N) is 1. The van der Waals surface area contributed by atoms with Gasteiger partial charge in [0.15, 0.2) is 0 Å². The van der Waals surface area contributed by atoms with Crippen LogP contribution in [0.2, 0.25) is 0 Å². The largest absolute Gasteiger partial charge is 0.492 e. The van der Waals surface area contributed by atoms with Gasteiger partial charge in [0.2, 0.25) is 0 Å². The number of carbonyl (C=O) groups is 1. The summed E-state index contributed by atoms with van der Waals surface area (Å²) >= 11 is 0. The highest BCUT2D eigenvalue weighted by Gasteiger charge is 2.20. The van der Waals surface area contributed by atoms with Gasteiger partial charge >= 0.3 is 0 Å². The van der Waals surface area contributed by atoms with Crippen molar-refractivity contribution >= 4 is 16.8 Å². The second-order valence-corrected chi connectivity index (χ2v) is 9.39. The van der Waals surface area contributed by atoms with Crippen molar-refractivity contribution in [3.05, 3.63) is 70.7 Å². The lowest BCUT2D eigenvalue weighted by molar-refractivity contribution is 0.0787. The van der Waals surface area contributed by atoms with Crippen LogP contribution in [0.3, 0.4) is 0 Å². The van der Waals surface area contributed by atoms with Crippen LogP contribution in [0.15, 0.2) is 42.6 Å².